The molecule has 0 unspecified atom stereocenters. The number of hydrogen-bond acceptors (Lipinski definition) is 3. The second-order valence-corrected chi connectivity index (χ2v) is 8.14. The zero-order valence-corrected chi connectivity index (χ0v) is 17.6. The van der Waals surface area contributed by atoms with Gasteiger partial charge in [0.1, 0.15) is 0 Å². The molecule has 4 rings (SSSR count). The molecule has 1 aliphatic heterocycles. The van der Waals surface area contributed by atoms with Crippen LogP contribution < -0.4 is 5.32 Å². The third kappa shape index (κ3) is 4.90. The average molecular weight is 428 g/mol. The number of anilines is 1. The molecule has 0 bridgehead atoms. The summed E-state index contributed by atoms with van der Waals surface area (Å²) in [7, 11) is 0. The van der Waals surface area contributed by atoms with Crippen molar-refractivity contribution in [3.63, 3.8) is 0 Å². The third-order valence-corrected chi connectivity index (χ3v) is 6.05. The summed E-state index contributed by atoms with van der Waals surface area (Å²) in [4.78, 5) is 17.1. The van der Waals surface area contributed by atoms with Crippen LogP contribution in [0.3, 0.4) is 0 Å². The fraction of sp³-hybridized carbons (Fsp3) is 0.261. The van der Waals surface area contributed by atoms with E-state index in [1.807, 2.05) is 48.5 Å². The summed E-state index contributed by atoms with van der Waals surface area (Å²) in [5.74, 6) is 0.0175. The van der Waals surface area contributed by atoms with E-state index < -0.39 is 0 Å². The maximum absolute atomic E-state index is 12.6. The van der Waals surface area contributed by atoms with Gasteiger partial charge in [0.15, 0.2) is 0 Å². The average Bonchev–Trinajstić information content (AvgIpc) is 2.72. The molecule has 0 aliphatic carbocycles. The standard InChI is InChI=1S/C23H23Cl2N3O/c24-20-8-4-9-21(25)19(20)15-27-11-13-28(14-12-27)16-23(29)26-22-10-3-6-17-5-1-2-7-18(17)22/h1-10H,11-16H2,(H,26,29). The molecule has 1 fully saturated rings. The number of carbonyl (C=O) groups excluding carboxylic acids is 1. The Labute approximate surface area is 181 Å². The Bertz CT molecular complexity index is 990. The Morgan fingerprint density at radius 3 is 2.21 bits per heavy atom. The summed E-state index contributed by atoms with van der Waals surface area (Å²) in [6, 6.07) is 19.6. The number of piperazine rings is 1. The van der Waals surface area contributed by atoms with Crippen LogP contribution in [0.1, 0.15) is 5.56 Å². The van der Waals surface area contributed by atoms with Gasteiger partial charge in [-0.3, -0.25) is 14.6 Å². The normalized spacial score (nSPS) is 15.5. The zero-order valence-electron chi connectivity index (χ0n) is 16.1. The fourth-order valence-corrected chi connectivity index (χ4v) is 4.26. The fourth-order valence-electron chi connectivity index (χ4n) is 3.74. The van der Waals surface area contributed by atoms with Crippen molar-refractivity contribution in [2.24, 2.45) is 0 Å². The van der Waals surface area contributed by atoms with Gasteiger partial charge in [0, 0.05) is 59.4 Å². The van der Waals surface area contributed by atoms with Gasteiger partial charge in [-0.2, -0.15) is 0 Å². The number of nitrogens with one attached hydrogen (secondary N) is 1. The molecule has 4 nitrogen and oxygen atoms in total. The number of amides is 1. The molecular formula is C23H23Cl2N3O. The highest BCUT2D eigenvalue weighted by molar-refractivity contribution is 6.35. The van der Waals surface area contributed by atoms with E-state index in [2.05, 4.69) is 27.2 Å². The van der Waals surface area contributed by atoms with Crippen LogP contribution in [-0.4, -0.2) is 48.4 Å². The van der Waals surface area contributed by atoms with E-state index in [0.717, 1.165) is 54.7 Å². The number of halogens is 2. The topological polar surface area (TPSA) is 35.6 Å². The van der Waals surface area contributed by atoms with Crippen LogP contribution in [0, 0.1) is 0 Å². The van der Waals surface area contributed by atoms with Gasteiger partial charge in [0.05, 0.1) is 6.54 Å². The quantitative estimate of drug-likeness (QED) is 0.628. The maximum atomic E-state index is 12.6. The van der Waals surface area contributed by atoms with Gasteiger partial charge in [-0.15, -0.1) is 0 Å². The lowest BCUT2D eigenvalue weighted by molar-refractivity contribution is -0.117. The molecule has 150 valence electrons. The van der Waals surface area contributed by atoms with Crippen molar-refractivity contribution in [2.75, 3.05) is 38.0 Å². The molecule has 3 aromatic rings. The summed E-state index contributed by atoms with van der Waals surface area (Å²) in [5, 5.41) is 6.66. The largest absolute Gasteiger partial charge is 0.324 e. The molecule has 1 amide bonds. The molecule has 1 aliphatic rings. The van der Waals surface area contributed by atoms with Crippen LogP contribution in [-0.2, 0) is 11.3 Å². The lowest BCUT2D eigenvalue weighted by Crippen LogP contribution is -2.48. The molecular weight excluding hydrogens is 405 g/mol. The second-order valence-electron chi connectivity index (χ2n) is 7.33. The zero-order chi connectivity index (χ0) is 20.2. The molecule has 1 N–H and O–H groups in total. The molecule has 6 heteroatoms. The lowest BCUT2D eigenvalue weighted by Gasteiger charge is -2.34. The number of carbonyl (C=O) groups is 1. The van der Waals surface area contributed by atoms with Gasteiger partial charge in [-0.1, -0.05) is 65.7 Å². The molecule has 3 aromatic carbocycles. The van der Waals surface area contributed by atoms with Gasteiger partial charge in [-0.05, 0) is 23.6 Å². The van der Waals surface area contributed by atoms with Crippen molar-refractivity contribution < 1.29 is 4.79 Å². The minimum atomic E-state index is 0.0175. The number of hydrogen-bond donors (Lipinski definition) is 1. The monoisotopic (exact) mass is 427 g/mol. The SMILES string of the molecule is O=C(CN1CCN(Cc2c(Cl)cccc2Cl)CC1)Nc1cccc2ccccc12. The van der Waals surface area contributed by atoms with Crippen LogP contribution in [0.2, 0.25) is 10.0 Å². The number of benzene rings is 3. The van der Waals surface area contributed by atoms with E-state index in [4.69, 9.17) is 23.2 Å². The predicted octanol–water partition coefficient (Wildman–Crippen LogP) is 4.90. The van der Waals surface area contributed by atoms with E-state index in [9.17, 15) is 4.79 Å². The van der Waals surface area contributed by atoms with E-state index in [0.29, 0.717) is 16.6 Å². The Kier molecular flexibility index (Phi) is 6.36. The van der Waals surface area contributed by atoms with Crippen LogP contribution in [0.5, 0.6) is 0 Å². The molecule has 0 radical (unpaired) electrons. The molecule has 0 aromatic heterocycles. The van der Waals surface area contributed by atoms with Crippen LogP contribution in [0.15, 0.2) is 60.7 Å². The van der Waals surface area contributed by atoms with Crippen molar-refractivity contribution in [1.82, 2.24) is 9.80 Å². The first-order valence-corrected chi connectivity index (χ1v) is 10.5. The Balaban J connectivity index is 1.31. The Morgan fingerprint density at radius 2 is 1.45 bits per heavy atom. The van der Waals surface area contributed by atoms with E-state index >= 15 is 0 Å². The minimum Gasteiger partial charge on any atom is -0.324 e. The van der Waals surface area contributed by atoms with Gasteiger partial charge in [0.2, 0.25) is 5.91 Å². The minimum absolute atomic E-state index is 0.0175. The molecule has 1 heterocycles. The van der Waals surface area contributed by atoms with Gasteiger partial charge in [-0.25, -0.2) is 0 Å². The molecule has 0 spiro atoms. The highest BCUT2D eigenvalue weighted by Gasteiger charge is 2.20. The highest BCUT2D eigenvalue weighted by atomic mass is 35.5. The highest BCUT2D eigenvalue weighted by Crippen LogP contribution is 2.26. The first-order chi connectivity index (χ1) is 14.1. The van der Waals surface area contributed by atoms with E-state index in [1.165, 1.54) is 0 Å². The predicted molar refractivity (Wildman–Crippen MR) is 121 cm³/mol. The smallest absolute Gasteiger partial charge is 0.238 e. The second kappa shape index (κ2) is 9.14. The summed E-state index contributed by atoms with van der Waals surface area (Å²) in [6.07, 6.45) is 0. The molecule has 0 saturated carbocycles. The summed E-state index contributed by atoms with van der Waals surface area (Å²) < 4.78 is 0. The number of fused-ring (bicyclic) bond motifs is 1. The van der Waals surface area contributed by atoms with Crippen LogP contribution in [0.25, 0.3) is 10.8 Å². The van der Waals surface area contributed by atoms with Crippen molar-refractivity contribution >= 4 is 45.6 Å². The Morgan fingerprint density at radius 1 is 0.828 bits per heavy atom. The number of nitrogens with zero attached hydrogens (tertiary/aromatic N) is 2. The third-order valence-electron chi connectivity index (χ3n) is 5.34. The van der Waals surface area contributed by atoms with Gasteiger partial charge < -0.3 is 5.32 Å². The van der Waals surface area contributed by atoms with Crippen molar-refractivity contribution in [3.05, 3.63) is 76.3 Å². The van der Waals surface area contributed by atoms with Crippen LogP contribution >= 0.6 is 23.2 Å². The summed E-state index contributed by atoms with van der Waals surface area (Å²) >= 11 is 12.6. The van der Waals surface area contributed by atoms with E-state index in [1.54, 1.807) is 0 Å². The summed E-state index contributed by atoms with van der Waals surface area (Å²) in [5.41, 5.74) is 1.83. The molecule has 29 heavy (non-hydrogen) atoms. The van der Waals surface area contributed by atoms with Crippen molar-refractivity contribution in [2.45, 2.75) is 6.54 Å². The van der Waals surface area contributed by atoms with Crippen LogP contribution in [0.4, 0.5) is 5.69 Å². The van der Waals surface area contributed by atoms with E-state index in [-0.39, 0.29) is 5.91 Å². The lowest BCUT2D eigenvalue weighted by atomic mass is 10.1. The number of rotatable bonds is 5. The summed E-state index contributed by atoms with van der Waals surface area (Å²) in [6.45, 7) is 4.56. The molecule has 1 saturated heterocycles. The first-order valence-electron chi connectivity index (χ1n) is 9.75. The molecule has 0 atom stereocenters. The maximum Gasteiger partial charge on any atom is 0.238 e. The van der Waals surface area contributed by atoms with Crippen molar-refractivity contribution in [3.8, 4) is 0 Å². The Hall–Kier alpha value is -2.11. The van der Waals surface area contributed by atoms with Crippen molar-refractivity contribution in [1.29, 1.82) is 0 Å². The first kappa shape index (κ1) is 20.2. The van der Waals surface area contributed by atoms with Gasteiger partial charge >= 0.3 is 0 Å². The van der Waals surface area contributed by atoms with Gasteiger partial charge in [0.25, 0.3) is 0 Å².